The van der Waals surface area contributed by atoms with Crippen molar-refractivity contribution in [2.45, 2.75) is 13.0 Å². The molecule has 0 aliphatic carbocycles. The van der Waals surface area contributed by atoms with Crippen molar-refractivity contribution in [3.63, 3.8) is 0 Å². The van der Waals surface area contributed by atoms with Crippen molar-refractivity contribution in [1.82, 2.24) is 9.55 Å². The standard InChI is InChI=1S/C12H12N4/c13-6-5-10-1-3-11(4-2-10)16-9-15-8-12(16)7-14/h1-4,8-9H,5,7,14H2. The van der Waals surface area contributed by atoms with E-state index in [9.17, 15) is 0 Å². The normalized spacial score (nSPS) is 10.0. The minimum Gasteiger partial charge on any atom is -0.325 e. The van der Waals surface area contributed by atoms with Gasteiger partial charge in [-0.05, 0) is 17.7 Å². The SMILES string of the molecule is N#CCc1ccc(-n2cncc2CN)cc1. The van der Waals surface area contributed by atoms with Crippen molar-refractivity contribution in [1.29, 1.82) is 5.26 Å². The van der Waals surface area contributed by atoms with Gasteiger partial charge in [0.25, 0.3) is 0 Å². The molecule has 2 aromatic rings. The maximum Gasteiger partial charge on any atom is 0.0994 e. The van der Waals surface area contributed by atoms with E-state index in [1.165, 1.54) is 0 Å². The van der Waals surface area contributed by atoms with Gasteiger partial charge in [0.05, 0.1) is 24.5 Å². The molecule has 2 rings (SSSR count). The van der Waals surface area contributed by atoms with E-state index in [1.54, 1.807) is 12.5 Å². The van der Waals surface area contributed by atoms with E-state index in [0.717, 1.165) is 16.9 Å². The molecule has 0 fully saturated rings. The highest BCUT2D eigenvalue weighted by atomic mass is 15.1. The van der Waals surface area contributed by atoms with Crippen LogP contribution < -0.4 is 5.73 Å². The monoisotopic (exact) mass is 212 g/mol. The average Bonchev–Trinajstić information content (AvgIpc) is 2.78. The molecule has 0 unspecified atom stereocenters. The Bertz CT molecular complexity index is 505. The molecule has 16 heavy (non-hydrogen) atoms. The van der Waals surface area contributed by atoms with E-state index in [1.807, 2.05) is 28.8 Å². The van der Waals surface area contributed by atoms with E-state index < -0.39 is 0 Å². The Morgan fingerprint density at radius 1 is 1.31 bits per heavy atom. The maximum absolute atomic E-state index is 8.57. The summed E-state index contributed by atoms with van der Waals surface area (Å²) >= 11 is 0. The van der Waals surface area contributed by atoms with Crippen molar-refractivity contribution >= 4 is 0 Å². The van der Waals surface area contributed by atoms with Crippen molar-refractivity contribution < 1.29 is 0 Å². The van der Waals surface area contributed by atoms with Crippen LogP contribution in [0.2, 0.25) is 0 Å². The number of nitrogens with zero attached hydrogens (tertiary/aromatic N) is 3. The Morgan fingerprint density at radius 3 is 2.69 bits per heavy atom. The molecule has 0 saturated carbocycles. The summed E-state index contributed by atoms with van der Waals surface area (Å²) < 4.78 is 1.94. The number of hydrogen-bond donors (Lipinski definition) is 1. The predicted octanol–water partition coefficient (Wildman–Crippen LogP) is 1.40. The highest BCUT2D eigenvalue weighted by molar-refractivity contribution is 5.36. The fraction of sp³-hybridized carbons (Fsp3) is 0.167. The molecule has 1 aromatic carbocycles. The number of imidazole rings is 1. The highest BCUT2D eigenvalue weighted by Crippen LogP contribution is 2.12. The van der Waals surface area contributed by atoms with Crippen molar-refractivity contribution in [2.24, 2.45) is 5.73 Å². The van der Waals surface area contributed by atoms with Crippen LogP contribution in [-0.4, -0.2) is 9.55 Å². The summed E-state index contributed by atoms with van der Waals surface area (Å²) in [6.45, 7) is 0.458. The zero-order valence-electron chi connectivity index (χ0n) is 8.80. The molecule has 80 valence electrons. The molecule has 0 amide bonds. The molecule has 0 aliphatic heterocycles. The topological polar surface area (TPSA) is 67.6 Å². The number of hydrogen-bond acceptors (Lipinski definition) is 3. The van der Waals surface area contributed by atoms with Crippen LogP contribution in [0.5, 0.6) is 0 Å². The van der Waals surface area contributed by atoms with Crippen LogP contribution in [0.25, 0.3) is 5.69 Å². The largest absolute Gasteiger partial charge is 0.325 e. The van der Waals surface area contributed by atoms with Gasteiger partial charge in [0.2, 0.25) is 0 Å². The second-order valence-electron chi connectivity index (χ2n) is 3.46. The number of nitrogens with two attached hydrogens (primary N) is 1. The molecular formula is C12H12N4. The molecule has 2 N–H and O–H groups in total. The van der Waals surface area contributed by atoms with Gasteiger partial charge in [-0.15, -0.1) is 0 Å². The van der Waals surface area contributed by atoms with E-state index in [-0.39, 0.29) is 0 Å². The zero-order chi connectivity index (χ0) is 11.4. The van der Waals surface area contributed by atoms with Crippen molar-refractivity contribution in [3.05, 3.63) is 48.0 Å². The Hall–Kier alpha value is -2.12. The van der Waals surface area contributed by atoms with Gasteiger partial charge >= 0.3 is 0 Å². The molecule has 0 spiro atoms. The van der Waals surface area contributed by atoms with Gasteiger partial charge in [0.15, 0.2) is 0 Å². The van der Waals surface area contributed by atoms with Crippen molar-refractivity contribution in [2.75, 3.05) is 0 Å². The average molecular weight is 212 g/mol. The maximum atomic E-state index is 8.57. The van der Waals surface area contributed by atoms with Crippen LogP contribution in [0.4, 0.5) is 0 Å². The fourth-order valence-corrected chi connectivity index (χ4v) is 1.57. The Balaban J connectivity index is 2.32. The van der Waals surface area contributed by atoms with Gasteiger partial charge in [-0.2, -0.15) is 5.26 Å². The summed E-state index contributed by atoms with van der Waals surface area (Å²) in [5.41, 5.74) is 8.60. The molecule has 1 aromatic heterocycles. The first-order chi connectivity index (χ1) is 7.85. The second-order valence-corrected chi connectivity index (χ2v) is 3.46. The molecule has 0 saturated heterocycles. The molecule has 0 atom stereocenters. The van der Waals surface area contributed by atoms with Gasteiger partial charge in [-0.3, -0.25) is 0 Å². The lowest BCUT2D eigenvalue weighted by atomic mass is 10.1. The summed E-state index contributed by atoms with van der Waals surface area (Å²) in [5, 5.41) is 8.57. The first kappa shape index (κ1) is 10.4. The van der Waals surface area contributed by atoms with Gasteiger partial charge in [0.1, 0.15) is 0 Å². The summed E-state index contributed by atoms with van der Waals surface area (Å²) in [6, 6.07) is 9.94. The quantitative estimate of drug-likeness (QED) is 0.836. The molecule has 1 heterocycles. The molecule has 0 radical (unpaired) electrons. The lowest BCUT2D eigenvalue weighted by Gasteiger charge is -2.06. The smallest absolute Gasteiger partial charge is 0.0994 e. The van der Waals surface area contributed by atoms with E-state index in [4.69, 9.17) is 11.0 Å². The molecule has 0 bridgehead atoms. The van der Waals surface area contributed by atoms with Crippen LogP contribution in [0.15, 0.2) is 36.8 Å². The summed E-state index contributed by atoms with van der Waals surface area (Å²) in [4.78, 5) is 4.06. The number of aromatic nitrogens is 2. The van der Waals surface area contributed by atoms with Gasteiger partial charge in [-0.1, -0.05) is 12.1 Å². The third kappa shape index (κ3) is 1.95. The van der Waals surface area contributed by atoms with Gasteiger partial charge in [-0.25, -0.2) is 4.98 Å². The third-order valence-corrected chi connectivity index (χ3v) is 2.42. The van der Waals surface area contributed by atoms with Crippen LogP contribution in [0.3, 0.4) is 0 Å². The number of nitriles is 1. The highest BCUT2D eigenvalue weighted by Gasteiger charge is 2.02. The van der Waals surface area contributed by atoms with Gasteiger partial charge in [0, 0.05) is 18.4 Å². The van der Waals surface area contributed by atoms with Crippen LogP contribution >= 0.6 is 0 Å². The molecule has 0 aliphatic rings. The fourth-order valence-electron chi connectivity index (χ4n) is 1.57. The lowest BCUT2D eigenvalue weighted by molar-refractivity contribution is 0.909. The number of rotatable bonds is 3. The van der Waals surface area contributed by atoms with E-state index in [2.05, 4.69) is 11.1 Å². The Morgan fingerprint density at radius 2 is 2.06 bits per heavy atom. The van der Waals surface area contributed by atoms with Crippen LogP contribution in [0.1, 0.15) is 11.3 Å². The summed E-state index contributed by atoms with van der Waals surface area (Å²) in [6.07, 6.45) is 3.93. The van der Waals surface area contributed by atoms with Gasteiger partial charge < -0.3 is 10.3 Å². The summed E-state index contributed by atoms with van der Waals surface area (Å²) in [5.74, 6) is 0. The van der Waals surface area contributed by atoms with Crippen LogP contribution in [-0.2, 0) is 13.0 Å². The Kier molecular flexibility index (Phi) is 2.99. The molecular weight excluding hydrogens is 200 g/mol. The van der Waals surface area contributed by atoms with E-state index >= 15 is 0 Å². The minimum atomic E-state index is 0.438. The zero-order valence-corrected chi connectivity index (χ0v) is 8.80. The predicted molar refractivity (Wildman–Crippen MR) is 60.8 cm³/mol. The summed E-state index contributed by atoms with van der Waals surface area (Å²) in [7, 11) is 0. The van der Waals surface area contributed by atoms with Crippen molar-refractivity contribution in [3.8, 4) is 11.8 Å². The lowest BCUT2D eigenvalue weighted by Crippen LogP contribution is -2.04. The second kappa shape index (κ2) is 4.60. The minimum absolute atomic E-state index is 0.438. The Labute approximate surface area is 94.0 Å². The van der Waals surface area contributed by atoms with E-state index in [0.29, 0.717) is 13.0 Å². The number of benzene rings is 1. The van der Waals surface area contributed by atoms with Crippen LogP contribution in [0, 0.1) is 11.3 Å². The first-order valence-corrected chi connectivity index (χ1v) is 5.02. The molecule has 4 heteroatoms. The first-order valence-electron chi connectivity index (χ1n) is 5.02. The molecule has 4 nitrogen and oxygen atoms in total. The third-order valence-electron chi connectivity index (χ3n) is 2.42.